The Morgan fingerprint density at radius 2 is 0.975 bits per heavy atom. The molecule has 0 aromatic heterocycles. The normalized spacial score (nSPS) is 19.9. The van der Waals surface area contributed by atoms with Crippen molar-refractivity contribution >= 4 is 68.4 Å². The monoisotopic (exact) mass is 1120 g/mol. The largest absolute Gasteiger partial charge is 0.350 e. The fourth-order valence-electron chi connectivity index (χ4n) is 12.2. The number of hydrogen-bond donors (Lipinski definition) is 4. The number of rotatable bonds is 22. The standard InChI is InChI=1S/C35H44ClN3O2.C33H42ClN3O2/c1-2-26(27-11-7-4-8-12-27)24-39-20-19-32(38-33(35(39)41)18-13-25-9-5-3-6-10-25)23-37-34(40)30-15-14-29-22-31(36)17-16-28(29)21-30;1-3-5-6-10-13-31-33(39)37(23-24(4-2)25-11-8-7-9-12-25)19-18-30(36-31)22-35-32(38)28-15-14-27-21-29(34)17-16-26(27)20-28/h4,7-8,11-12,14-17,21-22,25-26,32-33,38H,2-3,5-6,9-10,13,18-20,23-24H2,1H3,(H,37,40);7-9,11-12,14-17,20-21,24,30-31,36H,3-6,10,13,18-19,22-23H2,1-2H3,(H,35,38)/t26?,32-,33-;24?,30-,31-/m00/s1. The molecular formula is C68H86Cl2N6O4. The third-order valence-electron chi connectivity index (χ3n) is 17.1. The third kappa shape index (κ3) is 17.4. The second-order valence-corrected chi connectivity index (χ2v) is 23.6. The zero-order valence-corrected chi connectivity index (χ0v) is 49.1. The molecule has 6 aromatic rings. The molecule has 1 aliphatic carbocycles. The van der Waals surface area contributed by atoms with Gasteiger partial charge in [0.25, 0.3) is 11.8 Å². The summed E-state index contributed by atoms with van der Waals surface area (Å²) in [4.78, 5) is 58.0. The second-order valence-electron chi connectivity index (χ2n) is 22.8. The second kappa shape index (κ2) is 30.9. The summed E-state index contributed by atoms with van der Waals surface area (Å²) < 4.78 is 0. The number of fused-ring (bicyclic) bond motifs is 2. The van der Waals surface area contributed by atoms with Gasteiger partial charge in [-0.1, -0.05) is 187 Å². The first-order valence-corrected chi connectivity index (χ1v) is 30.9. The number of halogens is 2. The molecule has 3 aliphatic rings. The SMILES string of the molecule is CCC(CN1CC[C@@H](CNC(=O)c2ccc3cc(Cl)ccc3c2)N[C@@H](CCC2CCCCC2)C1=O)c1ccccc1.CCCCCC[C@@H]1N[C@H](CNC(=O)c2ccc3cc(Cl)ccc3c2)CCN(CC(CC)c2ccccc2)C1=O. The van der Waals surface area contributed by atoms with Crippen LogP contribution in [0.15, 0.2) is 133 Å². The van der Waals surface area contributed by atoms with Crippen LogP contribution in [0.1, 0.15) is 167 Å². The van der Waals surface area contributed by atoms with Crippen LogP contribution in [0.5, 0.6) is 0 Å². The number of hydrogen-bond acceptors (Lipinski definition) is 6. The average Bonchev–Trinajstić information content (AvgIpc) is 3.73. The summed E-state index contributed by atoms with van der Waals surface area (Å²) in [7, 11) is 0. The lowest BCUT2D eigenvalue weighted by Crippen LogP contribution is -2.49. The van der Waals surface area contributed by atoms with Crippen molar-refractivity contribution in [2.75, 3.05) is 39.3 Å². The lowest BCUT2D eigenvalue weighted by Gasteiger charge is -2.29. The molecule has 2 unspecified atom stereocenters. The van der Waals surface area contributed by atoms with Crippen LogP contribution >= 0.6 is 23.2 Å². The van der Waals surface area contributed by atoms with Crippen molar-refractivity contribution in [1.29, 1.82) is 0 Å². The average molecular weight is 1120 g/mol. The minimum atomic E-state index is -0.218. The van der Waals surface area contributed by atoms with Gasteiger partial charge in [-0.15, -0.1) is 0 Å². The molecule has 4 amide bonds. The van der Waals surface area contributed by atoms with E-state index in [4.69, 9.17) is 23.2 Å². The summed E-state index contributed by atoms with van der Waals surface area (Å²) >= 11 is 12.2. The molecule has 10 nitrogen and oxygen atoms in total. The van der Waals surface area contributed by atoms with Gasteiger partial charge in [0.05, 0.1) is 12.1 Å². The smallest absolute Gasteiger partial charge is 0.251 e. The molecule has 0 spiro atoms. The molecule has 0 radical (unpaired) electrons. The fraction of sp³-hybridized carbons (Fsp3) is 0.471. The molecule has 426 valence electrons. The van der Waals surface area contributed by atoms with Gasteiger partial charge in [0.2, 0.25) is 11.8 Å². The molecule has 0 bridgehead atoms. The first kappa shape index (κ1) is 60.3. The molecule has 2 aliphatic heterocycles. The predicted octanol–water partition coefficient (Wildman–Crippen LogP) is 14.3. The van der Waals surface area contributed by atoms with Crippen molar-refractivity contribution in [1.82, 2.24) is 31.1 Å². The molecule has 3 fully saturated rings. The van der Waals surface area contributed by atoms with E-state index in [0.717, 1.165) is 98.3 Å². The van der Waals surface area contributed by atoms with Gasteiger partial charge in [0.1, 0.15) is 0 Å². The minimum Gasteiger partial charge on any atom is -0.350 e. The van der Waals surface area contributed by atoms with Crippen molar-refractivity contribution in [3.8, 4) is 0 Å². The third-order valence-corrected chi connectivity index (χ3v) is 17.5. The molecular weight excluding hydrogens is 1040 g/mol. The number of nitrogens with zero attached hydrogens (tertiary/aromatic N) is 2. The minimum absolute atomic E-state index is 0.0372. The van der Waals surface area contributed by atoms with Crippen molar-refractivity contribution in [2.24, 2.45) is 5.92 Å². The van der Waals surface area contributed by atoms with Gasteiger partial charge in [-0.25, -0.2) is 0 Å². The number of nitrogens with one attached hydrogen (secondary N) is 4. The molecule has 80 heavy (non-hydrogen) atoms. The highest BCUT2D eigenvalue weighted by Gasteiger charge is 2.34. The van der Waals surface area contributed by atoms with Gasteiger partial charge < -0.3 is 31.1 Å². The highest BCUT2D eigenvalue weighted by Crippen LogP contribution is 2.30. The predicted molar refractivity (Wildman–Crippen MR) is 330 cm³/mol. The van der Waals surface area contributed by atoms with E-state index < -0.39 is 0 Å². The van der Waals surface area contributed by atoms with E-state index in [9.17, 15) is 19.2 Å². The zero-order valence-electron chi connectivity index (χ0n) is 47.6. The first-order valence-electron chi connectivity index (χ1n) is 30.1. The Hall–Kier alpha value is -5.78. The van der Waals surface area contributed by atoms with Crippen molar-refractivity contribution in [2.45, 2.75) is 160 Å². The first-order chi connectivity index (χ1) is 39.0. The Morgan fingerprint density at radius 3 is 1.44 bits per heavy atom. The Labute approximate surface area is 486 Å². The highest BCUT2D eigenvalue weighted by atomic mass is 35.5. The Balaban J connectivity index is 0.000000211. The van der Waals surface area contributed by atoms with E-state index in [-0.39, 0.29) is 47.8 Å². The number of carbonyl (C=O) groups is 4. The topological polar surface area (TPSA) is 123 Å². The van der Waals surface area contributed by atoms with Crippen LogP contribution < -0.4 is 21.3 Å². The van der Waals surface area contributed by atoms with E-state index in [1.165, 1.54) is 56.1 Å². The Kier molecular flexibility index (Phi) is 23.3. The summed E-state index contributed by atoms with van der Waals surface area (Å²) in [5.74, 6) is 1.58. The summed E-state index contributed by atoms with van der Waals surface area (Å²) in [5, 5.41) is 18.9. The van der Waals surface area contributed by atoms with E-state index in [1.807, 2.05) is 84.9 Å². The molecule has 2 heterocycles. The Morgan fingerprint density at radius 1 is 0.525 bits per heavy atom. The number of carbonyl (C=O) groups excluding carboxylic acids is 4. The van der Waals surface area contributed by atoms with Crippen molar-refractivity contribution < 1.29 is 19.2 Å². The molecule has 6 aromatic carbocycles. The summed E-state index contributed by atoms with van der Waals surface area (Å²) in [6.07, 6.45) is 17.4. The lowest BCUT2D eigenvalue weighted by atomic mass is 9.85. The van der Waals surface area contributed by atoms with Crippen molar-refractivity contribution in [3.05, 3.63) is 166 Å². The van der Waals surface area contributed by atoms with Gasteiger partial charge in [-0.3, -0.25) is 19.2 Å². The van der Waals surface area contributed by atoms with E-state index in [1.54, 1.807) is 0 Å². The van der Waals surface area contributed by atoms with E-state index in [2.05, 4.69) is 100 Å². The van der Waals surface area contributed by atoms with Gasteiger partial charge in [0.15, 0.2) is 0 Å². The van der Waals surface area contributed by atoms with E-state index >= 15 is 0 Å². The van der Waals surface area contributed by atoms with Gasteiger partial charge in [-0.2, -0.15) is 0 Å². The lowest BCUT2D eigenvalue weighted by molar-refractivity contribution is -0.134. The molecule has 4 N–H and O–H groups in total. The quantitative estimate of drug-likeness (QED) is 0.0502. The summed E-state index contributed by atoms with van der Waals surface area (Å²) in [5.41, 5.74) is 3.83. The molecule has 12 heteroatoms. The molecule has 6 atom stereocenters. The maximum atomic E-state index is 13.9. The fourth-order valence-corrected chi connectivity index (χ4v) is 12.5. The maximum Gasteiger partial charge on any atom is 0.251 e. The molecule has 1 saturated carbocycles. The van der Waals surface area contributed by atoms with Crippen LogP contribution in [0.4, 0.5) is 0 Å². The zero-order chi connectivity index (χ0) is 56.2. The summed E-state index contributed by atoms with van der Waals surface area (Å²) in [6.45, 7) is 10.4. The Bertz CT molecular complexity index is 2930. The number of amides is 4. The van der Waals surface area contributed by atoms with E-state index in [0.29, 0.717) is 59.2 Å². The number of unbranched alkanes of at least 4 members (excludes halogenated alkanes) is 3. The van der Waals surface area contributed by atoms with Crippen LogP contribution in [0.25, 0.3) is 21.5 Å². The summed E-state index contributed by atoms with van der Waals surface area (Å²) in [6, 6.07) is 43.5. The highest BCUT2D eigenvalue weighted by molar-refractivity contribution is 6.31. The van der Waals surface area contributed by atoms with Crippen LogP contribution in [-0.4, -0.2) is 96.9 Å². The van der Waals surface area contributed by atoms with Crippen LogP contribution in [-0.2, 0) is 9.59 Å². The molecule has 9 rings (SSSR count). The van der Waals surface area contributed by atoms with Gasteiger partial charge in [0, 0.05) is 84.4 Å². The maximum absolute atomic E-state index is 13.9. The van der Waals surface area contributed by atoms with Crippen molar-refractivity contribution in [3.63, 3.8) is 0 Å². The van der Waals surface area contributed by atoms with Gasteiger partial charge in [-0.05, 0) is 132 Å². The van der Waals surface area contributed by atoms with Crippen LogP contribution in [0.2, 0.25) is 10.0 Å². The number of benzene rings is 6. The van der Waals surface area contributed by atoms with Gasteiger partial charge >= 0.3 is 0 Å². The van der Waals surface area contributed by atoms with Crippen LogP contribution in [0, 0.1) is 5.92 Å². The van der Waals surface area contributed by atoms with Crippen LogP contribution in [0.3, 0.4) is 0 Å². The molecule has 2 saturated heterocycles.